The smallest absolute Gasteiger partial charge is 0.239 e. The Kier molecular flexibility index (Phi) is 6.73. The van der Waals surface area contributed by atoms with E-state index in [1.807, 2.05) is 38.8 Å². The molecule has 1 aromatic rings. The second-order valence-corrected chi connectivity index (χ2v) is 5.39. The Balaban J connectivity index is 2.63. The van der Waals surface area contributed by atoms with Gasteiger partial charge in [0.15, 0.2) is 0 Å². The molecule has 0 heterocycles. The quantitative estimate of drug-likeness (QED) is 0.764. The van der Waals surface area contributed by atoms with Crippen LogP contribution in [0.2, 0.25) is 0 Å². The Labute approximate surface area is 123 Å². The summed E-state index contributed by atoms with van der Waals surface area (Å²) in [5, 5.41) is 0. The van der Waals surface area contributed by atoms with Gasteiger partial charge >= 0.3 is 0 Å². The number of hydrogen-bond donors (Lipinski definition) is 0. The van der Waals surface area contributed by atoms with Crippen molar-refractivity contribution in [2.45, 2.75) is 46.2 Å². The molecule has 0 spiro atoms. The lowest BCUT2D eigenvalue weighted by Crippen LogP contribution is -2.49. The minimum atomic E-state index is -0.0754. The number of rotatable bonds is 7. The number of hydrogen-bond acceptors (Lipinski definition) is 2. The van der Waals surface area contributed by atoms with Crippen LogP contribution in [0.25, 0.3) is 0 Å². The molecule has 0 aliphatic heterocycles. The molecule has 0 unspecified atom stereocenters. The van der Waals surface area contributed by atoms with E-state index in [2.05, 4.69) is 36.1 Å². The highest BCUT2D eigenvalue weighted by molar-refractivity contribution is 5.81. The summed E-state index contributed by atoms with van der Waals surface area (Å²) in [6.07, 6.45) is 0.965. The fraction of sp³-hybridized carbons (Fsp3) is 0.588. The molecular weight excluding hydrogens is 248 g/mol. The van der Waals surface area contributed by atoms with Gasteiger partial charge in [0, 0.05) is 19.1 Å². The van der Waals surface area contributed by atoms with E-state index in [1.54, 1.807) is 0 Å². The van der Waals surface area contributed by atoms with E-state index in [0.717, 1.165) is 19.5 Å². The average molecular weight is 276 g/mol. The molecule has 0 N–H and O–H groups in total. The topological polar surface area (TPSA) is 23.6 Å². The Morgan fingerprint density at radius 3 is 2.15 bits per heavy atom. The van der Waals surface area contributed by atoms with Crippen LogP contribution in [0.4, 0.5) is 0 Å². The first kappa shape index (κ1) is 16.7. The van der Waals surface area contributed by atoms with Crippen LogP contribution in [0.15, 0.2) is 30.3 Å². The highest BCUT2D eigenvalue weighted by Crippen LogP contribution is 2.11. The summed E-state index contributed by atoms with van der Waals surface area (Å²) in [6, 6.07) is 10.7. The first-order valence-electron chi connectivity index (χ1n) is 7.55. The third kappa shape index (κ3) is 4.34. The van der Waals surface area contributed by atoms with Crippen molar-refractivity contribution in [2.24, 2.45) is 0 Å². The molecule has 112 valence electrons. The van der Waals surface area contributed by atoms with E-state index >= 15 is 0 Å². The van der Waals surface area contributed by atoms with E-state index in [0.29, 0.717) is 6.04 Å². The van der Waals surface area contributed by atoms with Crippen molar-refractivity contribution in [1.29, 1.82) is 0 Å². The maximum absolute atomic E-state index is 12.4. The van der Waals surface area contributed by atoms with Crippen molar-refractivity contribution in [2.75, 3.05) is 20.1 Å². The highest BCUT2D eigenvalue weighted by Gasteiger charge is 2.25. The van der Waals surface area contributed by atoms with Gasteiger partial charge in [-0.05, 0) is 46.7 Å². The molecule has 0 aliphatic carbocycles. The molecule has 20 heavy (non-hydrogen) atoms. The molecule has 1 amide bonds. The predicted octanol–water partition coefficient (Wildman–Crippen LogP) is 2.81. The summed E-state index contributed by atoms with van der Waals surface area (Å²) in [5.74, 6) is 0.220. The third-order valence-electron chi connectivity index (χ3n) is 4.11. The summed E-state index contributed by atoms with van der Waals surface area (Å²) in [4.78, 5) is 16.5. The van der Waals surface area contributed by atoms with Crippen molar-refractivity contribution >= 4 is 5.91 Å². The lowest BCUT2D eigenvalue weighted by atomic mass is 10.0. The van der Waals surface area contributed by atoms with Gasteiger partial charge in [-0.1, -0.05) is 30.3 Å². The van der Waals surface area contributed by atoms with Crippen molar-refractivity contribution in [3.63, 3.8) is 0 Å². The lowest BCUT2D eigenvalue weighted by molar-refractivity contribution is -0.136. The first-order valence-corrected chi connectivity index (χ1v) is 7.55. The molecular formula is C17H28N2O. The fourth-order valence-electron chi connectivity index (χ4n) is 2.45. The highest BCUT2D eigenvalue weighted by atomic mass is 16.2. The molecule has 0 fully saturated rings. The average Bonchev–Trinajstić information content (AvgIpc) is 2.47. The monoisotopic (exact) mass is 276 g/mol. The molecule has 1 aromatic carbocycles. The zero-order valence-electron chi connectivity index (χ0n) is 13.5. The number of likely N-dealkylation sites (N-methyl/N-ethyl adjacent to an activating group) is 2. The summed E-state index contributed by atoms with van der Waals surface area (Å²) >= 11 is 0. The van der Waals surface area contributed by atoms with Crippen molar-refractivity contribution in [3.8, 4) is 0 Å². The van der Waals surface area contributed by atoms with E-state index in [1.165, 1.54) is 5.56 Å². The maximum atomic E-state index is 12.4. The Bertz CT molecular complexity index is 401. The molecule has 0 saturated heterocycles. The summed E-state index contributed by atoms with van der Waals surface area (Å²) < 4.78 is 0. The molecule has 1 rings (SSSR count). The van der Waals surface area contributed by atoms with E-state index in [9.17, 15) is 4.79 Å². The normalized spacial score (nSPS) is 14.1. The lowest BCUT2D eigenvalue weighted by Gasteiger charge is -2.33. The Morgan fingerprint density at radius 2 is 1.65 bits per heavy atom. The van der Waals surface area contributed by atoms with Crippen LogP contribution in [-0.4, -0.2) is 47.9 Å². The van der Waals surface area contributed by atoms with Gasteiger partial charge in [0.25, 0.3) is 0 Å². The molecule has 0 aliphatic rings. The predicted molar refractivity (Wildman–Crippen MR) is 84.8 cm³/mol. The summed E-state index contributed by atoms with van der Waals surface area (Å²) in [5.41, 5.74) is 1.31. The Hall–Kier alpha value is -1.35. The summed E-state index contributed by atoms with van der Waals surface area (Å²) in [6.45, 7) is 9.80. The van der Waals surface area contributed by atoms with Crippen molar-refractivity contribution in [1.82, 2.24) is 9.80 Å². The van der Waals surface area contributed by atoms with Gasteiger partial charge in [-0.3, -0.25) is 9.69 Å². The summed E-state index contributed by atoms with van der Waals surface area (Å²) in [7, 11) is 2.04. The van der Waals surface area contributed by atoms with Crippen molar-refractivity contribution in [3.05, 3.63) is 35.9 Å². The molecule has 3 heteroatoms. The van der Waals surface area contributed by atoms with Gasteiger partial charge in [-0.2, -0.15) is 0 Å². The van der Waals surface area contributed by atoms with Gasteiger partial charge in [0.05, 0.1) is 6.04 Å². The second kappa shape index (κ2) is 8.05. The minimum Gasteiger partial charge on any atom is -0.342 e. The van der Waals surface area contributed by atoms with Crippen LogP contribution < -0.4 is 0 Å². The maximum Gasteiger partial charge on any atom is 0.239 e. The van der Waals surface area contributed by atoms with Crippen LogP contribution >= 0.6 is 0 Å². The van der Waals surface area contributed by atoms with Gasteiger partial charge in [-0.25, -0.2) is 0 Å². The largest absolute Gasteiger partial charge is 0.342 e. The van der Waals surface area contributed by atoms with Gasteiger partial charge in [0.2, 0.25) is 5.91 Å². The zero-order valence-corrected chi connectivity index (χ0v) is 13.5. The molecule has 0 aromatic heterocycles. The molecule has 2 atom stereocenters. The van der Waals surface area contributed by atoms with Crippen LogP contribution in [0.1, 0.15) is 33.3 Å². The molecule has 0 bridgehead atoms. The van der Waals surface area contributed by atoms with Crippen LogP contribution in [0, 0.1) is 0 Å². The van der Waals surface area contributed by atoms with Gasteiger partial charge < -0.3 is 4.90 Å². The van der Waals surface area contributed by atoms with Crippen molar-refractivity contribution < 1.29 is 4.79 Å². The van der Waals surface area contributed by atoms with E-state index < -0.39 is 0 Å². The van der Waals surface area contributed by atoms with Gasteiger partial charge in [0.1, 0.15) is 0 Å². The standard InChI is InChI=1S/C17H28N2O/c1-6-19(7-2)17(20)15(4)18(5)14(3)13-16-11-9-8-10-12-16/h8-12,14-15H,6-7,13H2,1-5H3/t14-,15-/m1/s1. The number of amides is 1. The molecule has 0 radical (unpaired) electrons. The SMILES string of the molecule is CCN(CC)C(=O)[C@@H](C)N(C)[C@H](C)Cc1ccccc1. The fourth-order valence-corrected chi connectivity index (χ4v) is 2.45. The number of carbonyl (C=O) groups excluding carboxylic acids is 1. The second-order valence-electron chi connectivity index (χ2n) is 5.39. The first-order chi connectivity index (χ1) is 9.51. The van der Waals surface area contributed by atoms with Crippen LogP contribution in [-0.2, 0) is 11.2 Å². The van der Waals surface area contributed by atoms with Gasteiger partial charge in [-0.15, -0.1) is 0 Å². The minimum absolute atomic E-state index is 0.0754. The Morgan fingerprint density at radius 1 is 1.10 bits per heavy atom. The molecule has 3 nitrogen and oxygen atoms in total. The van der Waals surface area contributed by atoms with E-state index in [-0.39, 0.29) is 11.9 Å². The number of carbonyl (C=O) groups is 1. The van der Waals surface area contributed by atoms with E-state index in [4.69, 9.17) is 0 Å². The third-order valence-corrected chi connectivity index (χ3v) is 4.11. The molecule has 0 saturated carbocycles. The van der Waals surface area contributed by atoms with Crippen LogP contribution in [0.5, 0.6) is 0 Å². The number of nitrogens with zero attached hydrogens (tertiary/aromatic N) is 2. The number of benzene rings is 1. The van der Waals surface area contributed by atoms with Crippen LogP contribution in [0.3, 0.4) is 0 Å². The zero-order chi connectivity index (χ0) is 15.1.